The fraction of sp³-hybridized carbons (Fsp3) is 1.00. The third kappa shape index (κ3) is 1.36. The molecule has 1 spiro atoms. The summed E-state index contributed by atoms with van der Waals surface area (Å²) < 4.78 is 19.2. The van der Waals surface area contributed by atoms with Crippen molar-refractivity contribution in [3.8, 4) is 0 Å². The first-order valence-electron chi connectivity index (χ1n) is 4.82. The average Bonchev–Trinajstić information content (AvgIpc) is 2.12. The topological polar surface area (TPSA) is 21.3 Å². The largest absolute Gasteiger partial charge is 0.372 e. The van der Waals surface area contributed by atoms with Crippen molar-refractivity contribution in [2.75, 3.05) is 19.7 Å². The first-order valence-corrected chi connectivity index (χ1v) is 4.82. The van der Waals surface area contributed by atoms with Crippen LogP contribution in [0, 0.1) is 0 Å². The van der Waals surface area contributed by atoms with Crippen LogP contribution in [-0.2, 0) is 4.74 Å². The second kappa shape index (κ2) is 3.30. The second-order valence-corrected chi connectivity index (χ2v) is 3.77. The van der Waals surface area contributed by atoms with Crippen molar-refractivity contribution >= 4 is 0 Å². The third-order valence-electron chi connectivity index (χ3n) is 3.01. The molecule has 0 radical (unpaired) electrons. The molecule has 2 heterocycles. The van der Waals surface area contributed by atoms with Gasteiger partial charge in [-0.15, -0.1) is 0 Å². The van der Waals surface area contributed by atoms with Gasteiger partial charge in [0, 0.05) is 6.61 Å². The molecule has 70 valence electrons. The van der Waals surface area contributed by atoms with E-state index in [-0.39, 0.29) is 0 Å². The second-order valence-electron chi connectivity index (χ2n) is 3.77. The smallest absolute Gasteiger partial charge is 0.129 e. The van der Waals surface area contributed by atoms with E-state index in [1.54, 1.807) is 0 Å². The average molecular weight is 173 g/mol. The minimum atomic E-state index is -0.728. The lowest BCUT2D eigenvalue weighted by Crippen LogP contribution is -2.52. The Morgan fingerprint density at radius 3 is 2.75 bits per heavy atom. The van der Waals surface area contributed by atoms with Crippen LogP contribution < -0.4 is 5.32 Å². The molecule has 3 heteroatoms. The first-order chi connectivity index (χ1) is 5.83. The lowest BCUT2D eigenvalue weighted by molar-refractivity contribution is -0.141. The summed E-state index contributed by atoms with van der Waals surface area (Å²) in [6, 6.07) is 0. The van der Waals surface area contributed by atoms with Gasteiger partial charge in [-0.3, -0.25) is 0 Å². The SMILES string of the molecule is FC1CCCOC12CCNCC2. The predicted molar refractivity (Wildman–Crippen MR) is 44.9 cm³/mol. The van der Waals surface area contributed by atoms with Crippen LogP contribution in [0.25, 0.3) is 0 Å². The van der Waals surface area contributed by atoms with E-state index in [0.29, 0.717) is 6.42 Å². The van der Waals surface area contributed by atoms with E-state index in [0.717, 1.165) is 39.0 Å². The standard InChI is InChI=1S/C9H16FNO/c10-8-2-1-7-12-9(8)3-5-11-6-4-9/h8,11H,1-7H2. The Morgan fingerprint density at radius 1 is 1.33 bits per heavy atom. The third-order valence-corrected chi connectivity index (χ3v) is 3.01. The normalized spacial score (nSPS) is 35.2. The molecule has 0 aromatic rings. The van der Waals surface area contributed by atoms with Crippen LogP contribution in [0.2, 0.25) is 0 Å². The molecule has 0 aliphatic carbocycles. The Balaban J connectivity index is 2.04. The number of rotatable bonds is 0. The van der Waals surface area contributed by atoms with Gasteiger partial charge >= 0.3 is 0 Å². The van der Waals surface area contributed by atoms with Gasteiger partial charge in [0.05, 0.1) is 0 Å². The molecule has 0 aromatic carbocycles. The van der Waals surface area contributed by atoms with Crippen LogP contribution in [-0.4, -0.2) is 31.5 Å². The number of piperidine rings is 1. The van der Waals surface area contributed by atoms with Gasteiger partial charge in [0.15, 0.2) is 0 Å². The van der Waals surface area contributed by atoms with Gasteiger partial charge in [0.1, 0.15) is 11.8 Å². The van der Waals surface area contributed by atoms with Gasteiger partial charge in [0.25, 0.3) is 0 Å². The number of nitrogens with one attached hydrogen (secondary N) is 1. The molecule has 2 aliphatic heterocycles. The van der Waals surface area contributed by atoms with E-state index in [1.165, 1.54) is 0 Å². The summed E-state index contributed by atoms with van der Waals surface area (Å²) in [4.78, 5) is 0. The molecule has 2 saturated heterocycles. The van der Waals surface area contributed by atoms with E-state index in [9.17, 15) is 4.39 Å². The number of hydrogen-bond donors (Lipinski definition) is 1. The molecule has 1 N–H and O–H groups in total. The first kappa shape index (κ1) is 8.45. The Bertz CT molecular complexity index is 148. The molecule has 12 heavy (non-hydrogen) atoms. The van der Waals surface area contributed by atoms with Gasteiger partial charge in [-0.05, 0) is 38.8 Å². The molecule has 0 bridgehead atoms. The summed E-state index contributed by atoms with van der Waals surface area (Å²) in [5.74, 6) is 0. The van der Waals surface area contributed by atoms with Crippen molar-refractivity contribution in [3.63, 3.8) is 0 Å². The van der Waals surface area contributed by atoms with E-state index < -0.39 is 11.8 Å². The minimum Gasteiger partial charge on any atom is -0.372 e. The highest BCUT2D eigenvalue weighted by molar-refractivity contribution is 4.94. The molecule has 1 atom stereocenters. The number of halogens is 1. The monoisotopic (exact) mass is 173 g/mol. The van der Waals surface area contributed by atoms with Crippen molar-refractivity contribution in [1.29, 1.82) is 0 Å². The number of alkyl halides is 1. The van der Waals surface area contributed by atoms with Crippen molar-refractivity contribution in [2.45, 2.75) is 37.5 Å². The number of ether oxygens (including phenoxy) is 1. The summed E-state index contributed by atoms with van der Waals surface area (Å²) in [6.45, 7) is 2.56. The van der Waals surface area contributed by atoms with Crippen LogP contribution in [0.4, 0.5) is 4.39 Å². The zero-order chi connectivity index (χ0) is 8.44. The summed E-state index contributed by atoms with van der Waals surface area (Å²) >= 11 is 0. The van der Waals surface area contributed by atoms with Crippen LogP contribution in [0.3, 0.4) is 0 Å². The quantitative estimate of drug-likeness (QED) is 0.595. The zero-order valence-corrected chi connectivity index (χ0v) is 7.31. The van der Waals surface area contributed by atoms with Crippen molar-refractivity contribution in [3.05, 3.63) is 0 Å². The van der Waals surface area contributed by atoms with Crippen LogP contribution in [0.1, 0.15) is 25.7 Å². The molecule has 0 amide bonds. The van der Waals surface area contributed by atoms with E-state index in [1.807, 2.05) is 0 Å². The van der Waals surface area contributed by atoms with Crippen LogP contribution in [0.5, 0.6) is 0 Å². The Kier molecular flexibility index (Phi) is 2.33. The minimum absolute atomic E-state index is 0.413. The highest BCUT2D eigenvalue weighted by atomic mass is 19.1. The van der Waals surface area contributed by atoms with Crippen molar-refractivity contribution in [2.24, 2.45) is 0 Å². The Labute approximate surface area is 72.5 Å². The predicted octanol–water partition coefficient (Wildman–Crippen LogP) is 1.26. The molecule has 2 aliphatic rings. The highest BCUT2D eigenvalue weighted by Gasteiger charge is 2.43. The molecule has 2 fully saturated rings. The van der Waals surface area contributed by atoms with Crippen molar-refractivity contribution in [1.82, 2.24) is 5.32 Å². The Morgan fingerprint density at radius 2 is 2.08 bits per heavy atom. The zero-order valence-electron chi connectivity index (χ0n) is 7.31. The van der Waals surface area contributed by atoms with E-state index in [4.69, 9.17) is 4.74 Å². The maximum Gasteiger partial charge on any atom is 0.129 e. The number of hydrogen-bond acceptors (Lipinski definition) is 2. The van der Waals surface area contributed by atoms with Gasteiger partial charge in [-0.25, -0.2) is 4.39 Å². The van der Waals surface area contributed by atoms with Gasteiger partial charge in [-0.1, -0.05) is 0 Å². The van der Waals surface area contributed by atoms with Gasteiger partial charge in [0.2, 0.25) is 0 Å². The fourth-order valence-corrected chi connectivity index (χ4v) is 2.20. The van der Waals surface area contributed by atoms with Gasteiger partial charge in [-0.2, -0.15) is 0 Å². The lowest BCUT2D eigenvalue weighted by Gasteiger charge is -2.42. The van der Waals surface area contributed by atoms with E-state index in [2.05, 4.69) is 5.32 Å². The summed E-state index contributed by atoms with van der Waals surface area (Å²) in [5, 5.41) is 3.23. The van der Waals surface area contributed by atoms with Crippen LogP contribution in [0.15, 0.2) is 0 Å². The molecule has 2 rings (SSSR count). The molecule has 1 unspecified atom stereocenters. The van der Waals surface area contributed by atoms with E-state index >= 15 is 0 Å². The summed E-state index contributed by atoms with van der Waals surface area (Å²) in [6.07, 6.45) is 2.53. The van der Waals surface area contributed by atoms with Gasteiger partial charge < -0.3 is 10.1 Å². The lowest BCUT2D eigenvalue weighted by atomic mass is 9.83. The molecule has 0 saturated carbocycles. The highest BCUT2D eigenvalue weighted by Crippen LogP contribution is 2.35. The Hall–Kier alpha value is -0.150. The summed E-state index contributed by atoms with van der Waals surface area (Å²) in [7, 11) is 0. The van der Waals surface area contributed by atoms with Crippen molar-refractivity contribution < 1.29 is 9.13 Å². The van der Waals surface area contributed by atoms with Crippen LogP contribution >= 0.6 is 0 Å². The molecule has 2 nitrogen and oxygen atoms in total. The molecule has 0 aromatic heterocycles. The summed E-state index contributed by atoms with van der Waals surface area (Å²) in [5.41, 5.74) is -0.413. The molecular formula is C9H16FNO. The molecular weight excluding hydrogens is 157 g/mol. The maximum atomic E-state index is 13.6. The fourth-order valence-electron chi connectivity index (χ4n) is 2.20. The maximum absolute atomic E-state index is 13.6.